The van der Waals surface area contributed by atoms with Crippen LogP contribution in [0.2, 0.25) is 0 Å². The highest BCUT2D eigenvalue weighted by atomic mass is 14.7. The molecule has 2 aromatic rings. The molecule has 0 aliphatic rings. The van der Waals surface area contributed by atoms with E-state index < -0.39 is 0 Å². The number of aryl methyl sites for hydroxylation is 1. The minimum Gasteiger partial charge on any atom is -0.330 e. The highest BCUT2D eigenvalue weighted by molar-refractivity contribution is 5.85. The van der Waals surface area contributed by atoms with Crippen molar-refractivity contribution in [1.82, 2.24) is 4.98 Å². The molecule has 2 N–H and O–H groups in total. The zero-order valence-corrected chi connectivity index (χ0v) is 12.4. The highest BCUT2D eigenvalue weighted by Gasteiger charge is 2.11. The molecule has 0 aliphatic heterocycles. The number of hydrogen-bond acceptors (Lipinski definition) is 2. The Kier molecular flexibility index (Phi) is 4.20. The van der Waals surface area contributed by atoms with Gasteiger partial charge in [0.1, 0.15) is 0 Å². The lowest BCUT2D eigenvalue weighted by molar-refractivity contribution is 0.595. The van der Waals surface area contributed by atoms with Gasteiger partial charge in [0, 0.05) is 11.1 Å². The first-order chi connectivity index (χ1) is 9.02. The van der Waals surface area contributed by atoms with Gasteiger partial charge in [0.25, 0.3) is 0 Å². The second-order valence-corrected chi connectivity index (χ2v) is 5.87. The third-order valence-electron chi connectivity index (χ3n) is 3.68. The van der Waals surface area contributed by atoms with Gasteiger partial charge in [0.2, 0.25) is 0 Å². The number of nitrogens with zero attached hydrogens (tertiary/aromatic N) is 1. The summed E-state index contributed by atoms with van der Waals surface area (Å²) < 4.78 is 0. The molecule has 2 nitrogen and oxygen atoms in total. The van der Waals surface area contributed by atoms with Crippen LogP contribution in [0.5, 0.6) is 0 Å². The molecule has 0 amide bonds. The molecule has 0 spiro atoms. The minimum atomic E-state index is 0.498. The number of fused-ring (bicyclic) bond motifs is 1. The average molecular weight is 256 g/mol. The number of rotatable bonds is 4. The van der Waals surface area contributed by atoms with Crippen molar-refractivity contribution in [2.45, 2.75) is 40.0 Å². The molecule has 0 aliphatic carbocycles. The molecule has 1 unspecified atom stereocenters. The fourth-order valence-electron chi connectivity index (χ4n) is 2.58. The van der Waals surface area contributed by atoms with Gasteiger partial charge in [-0.1, -0.05) is 39.0 Å². The molecule has 0 bridgehead atoms. The topological polar surface area (TPSA) is 38.9 Å². The molecule has 0 saturated carbocycles. The SMILES string of the molecule is Cc1cc(CC(C)CN)c2cccc(C(C)C)c2n1. The van der Waals surface area contributed by atoms with Crippen LogP contribution >= 0.6 is 0 Å². The number of aromatic nitrogens is 1. The lowest BCUT2D eigenvalue weighted by Crippen LogP contribution is -2.13. The van der Waals surface area contributed by atoms with Crippen molar-refractivity contribution >= 4 is 10.9 Å². The van der Waals surface area contributed by atoms with E-state index in [0.717, 1.165) is 24.2 Å². The van der Waals surface area contributed by atoms with Gasteiger partial charge < -0.3 is 5.73 Å². The molecule has 2 rings (SSSR count). The van der Waals surface area contributed by atoms with Gasteiger partial charge in [-0.2, -0.15) is 0 Å². The molecule has 1 aromatic heterocycles. The first kappa shape index (κ1) is 14.0. The number of benzene rings is 1. The summed E-state index contributed by atoms with van der Waals surface area (Å²) in [5.41, 5.74) is 10.7. The number of nitrogens with two attached hydrogens (primary N) is 1. The molecular formula is C17H24N2. The number of para-hydroxylation sites is 1. The third-order valence-corrected chi connectivity index (χ3v) is 3.68. The molecular weight excluding hydrogens is 232 g/mol. The maximum atomic E-state index is 5.76. The maximum Gasteiger partial charge on any atom is 0.0742 e. The van der Waals surface area contributed by atoms with Crippen LogP contribution in [0.3, 0.4) is 0 Å². The smallest absolute Gasteiger partial charge is 0.0742 e. The summed E-state index contributed by atoms with van der Waals surface area (Å²) in [4.78, 5) is 4.76. The fraction of sp³-hybridized carbons (Fsp3) is 0.471. The monoisotopic (exact) mass is 256 g/mol. The van der Waals surface area contributed by atoms with Gasteiger partial charge in [-0.05, 0) is 48.9 Å². The van der Waals surface area contributed by atoms with E-state index >= 15 is 0 Å². The standard InChI is InChI=1S/C17H24N2/c1-11(2)15-6-5-7-16-14(8-12(3)10-18)9-13(4)19-17(15)16/h5-7,9,11-12H,8,10,18H2,1-4H3. The summed E-state index contributed by atoms with van der Waals surface area (Å²) in [6, 6.07) is 8.73. The molecule has 19 heavy (non-hydrogen) atoms. The summed E-state index contributed by atoms with van der Waals surface area (Å²) in [5.74, 6) is 1.01. The van der Waals surface area contributed by atoms with E-state index in [0.29, 0.717) is 11.8 Å². The van der Waals surface area contributed by atoms with E-state index in [-0.39, 0.29) is 0 Å². The third kappa shape index (κ3) is 2.95. The van der Waals surface area contributed by atoms with Crippen molar-refractivity contribution < 1.29 is 0 Å². The van der Waals surface area contributed by atoms with Crippen LogP contribution in [0.1, 0.15) is 43.5 Å². The number of hydrogen-bond donors (Lipinski definition) is 1. The average Bonchev–Trinajstić information content (AvgIpc) is 2.37. The van der Waals surface area contributed by atoms with Gasteiger partial charge in [0.15, 0.2) is 0 Å². The Morgan fingerprint density at radius 3 is 2.58 bits per heavy atom. The second kappa shape index (κ2) is 5.70. The van der Waals surface area contributed by atoms with Crippen LogP contribution in [0.4, 0.5) is 0 Å². The van der Waals surface area contributed by atoms with E-state index in [9.17, 15) is 0 Å². The summed E-state index contributed by atoms with van der Waals surface area (Å²) in [6.07, 6.45) is 1.03. The Bertz CT molecular complexity index is 573. The second-order valence-electron chi connectivity index (χ2n) is 5.87. The van der Waals surface area contributed by atoms with Crippen molar-refractivity contribution in [3.05, 3.63) is 41.1 Å². The first-order valence-corrected chi connectivity index (χ1v) is 7.12. The Balaban J connectivity index is 2.62. The molecule has 1 aromatic carbocycles. The van der Waals surface area contributed by atoms with Gasteiger partial charge in [-0.3, -0.25) is 4.98 Å². The maximum absolute atomic E-state index is 5.76. The van der Waals surface area contributed by atoms with Crippen molar-refractivity contribution in [2.75, 3.05) is 6.54 Å². The van der Waals surface area contributed by atoms with Gasteiger partial charge >= 0.3 is 0 Å². The zero-order valence-electron chi connectivity index (χ0n) is 12.4. The van der Waals surface area contributed by atoms with Crippen LogP contribution in [0.15, 0.2) is 24.3 Å². The highest BCUT2D eigenvalue weighted by Crippen LogP contribution is 2.27. The summed E-state index contributed by atoms with van der Waals surface area (Å²) in [7, 11) is 0. The van der Waals surface area contributed by atoms with E-state index in [4.69, 9.17) is 10.7 Å². The molecule has 0 radical (unpaired) electrons. The Labute approximate surface area is 116 Å². The molecule has 0 saturated heterocycles. The normalized spacial score (nSPS) is 13.2. The molecule has 1 atom stereocenters. The van der Waals surface area contributed by atoms with Crippen LogP contribution in [-0.4, -0.2) is 11.5 Å². The first-order valence-electron chi connectivity index (χ1n) is 7.12. The molecule has 0 fully saturated rings. The largest absolute Gasteiger partial charge is 0.330 e. The van der Waals surface area contributed by atoms with Crippen molar-refractivity contribution in [1.29, 1.82) is 0 Å². The van der Waals surface area contributed by atoms with E-state index in [1.165, 1.54) is 16.5 Å². The summed E-state index contributed by atoms with van der Waals surface area (Å²) in [6.45, 7) is 9.45. The zero-order chi connectivity index (χ0) is 14.0. The van der Waals surface area contributed by atoms with Crippen LogP contribution in [-0.2, 0) is 6.42 Å². The van der Waals surface area contributed by atoms with E-state index in [1.807, 2.05) is 0 Å². The molecule has 102 valence electrons. The Morgan fingerprint density at radius 2 is 1.95 bits per heavy atom. The van der Waals surface area contributed by atoms with Gasteiger partial charge in [-0.15, -0.1) is 0 Å². The van der Waals surface area contributed by atoms with Crippen LogP contribution < -0.4 is 5.73 Å². The van der Waals surface area contributed by atoms with Crippen molar-refractivity contribution in [3.63, 3.8) is 0 Å². The summed E-state index contributed by atoms with van der Waals surface area (Å²) in [5, 5.41) is 1.29. The minimum absolute atomic E-state index is 0.498. The quantitative estimate of drug-likeness (QED) is 0.903. The van der Waals surface area contributed by atoms with Gasteiger partial charge in [-0.25, -0.2) is 0 Å². The van der Waals surface area contributed by atoms with Crippen LogP contribution in [0, 0.1) is 12.8 Å². The molecule has 1 heterocycles. The van der Waals surface area contributed by atoms with Gasteiger partial charge in [0.05, 0.1) is 5.52 Å². The Morgan fingerprint density at radius 1 is 1.21 bits per heavy atom. The molecule has 2 heteroatoms. The summed E-state index contributed by atoms with van der Waals surface area (Å²) >= 11 is 0. The van der Waals surface area contributed by atoms with Crippen molar-refractivity contribution in [2.24, 2.45) is 11.7 Å². The predicted molar refractivity (Wildman–Crippen MR) is 82.5 cm³/mol. The fourth-order valence-corrected chi connectivity index (χ4v) is 2.58. The van der Waals surface area contributed by atoms with E-state index in [2.05, 4.69) is 52.0 Å². The lowest BCUT2D eigenvalue weighted by atomic mass is 9.93. The van der Waals surface area contributed by atoms with Crippen LogP contribution in [0.25, 0.3) is 10.9 Å². The van der Waals surface area contributed by atoms with E-state index in [1.54, 1.807) is 0 Å². The predicted octanol–water partition coefficient (Wildman–Crippen LogP) is 3.80. The Hall–Kier alpha value is -1.41. The lowest BCUT2D eigenvalue weighted by Gasteiger charge is -2.15. The van der Waals surface area contributed by atoms with Crippen molar-refractivity contribution in [3.8, 4) is 0 Å². The number of pyridine rings is 1.